The first-order valence-electron chi connectivity index (χ1n) is 7.14. The van der Waals surface area contributed by atoms with E-state index in [2.05, 4.69) is 26.1 Å². The average molecular weight is 268 g/mol. The van der Waals surface area contributed by atoms with Gasteiger partial charge in [0.05, 0.1) is 5.92 Å². The maximum Gasteiger partial charge on any atom is 0.225 e. The first-order chi connectivity index (χ1) is 8.54. The van der Waals surface area contributed by atoms with E-state index < -0.39 is 0 Å². The van der Waals surface area contributed by atoms with Crippen LogP contribution in [0.5, 0.6) is 0 Å². The summed E-state index contributed by atoms with van der Waals surface area (Å²) in [5.41, 5.74) is -0.0737. The molecule has 1 aliphatic rings. The number of amides is 2. The van der Waals surface area contributed by atoms with E-state index in [0.29, 0.717) is 19.5 Å². The van der Waals surface area contributed by atoms with Crippen molar-refractivity contribution < 1.29 is 9.59 Å². The van der Waals surface area contributed by atoms with Crippen LogP contribution in [-0.4, -0.2) is 35.3 Å². The number of carbonyl (C=O) groups is 2. The van der Waals surface area contributed by atoms with Crippen LogP contribution >= 0.6 is 0 Å². The van der Waals surface area contributed by atoms with Crippen molar-refractivity contribution in [3.8, 4) is 0 Å². The third kappa shape index (κ3) is 4.84. The molecule has 0 saturated carbocycles. The molecular formula is C15H28N2O2. The summed E-state index contributed by atoms with van der Waals surface area (Å²) >= 11 is 0. The number of nitrogens with zero attached hydrogens (tertiary/aromatic N) is 1. The van der Waals surface area contributed by atoms with Gasteiger partial charge in [0.15, 0.2) is 0 Å². The fourth-order valence-electron chi connectivity index (χ4n) is 3.06. The van der Waals surface area contributed by atoms with Crippen LogP contribution in [0, 0.1) is 11.3 Å². The molecule has 19 heavy (non-hydrogen) atoms. The Balaban J connectivity index is 2.58. The van der Waals surface area contributed by atoms with Crippen LogP contribution in [0.4, 0.5) is 0 Å². The van der Waals surface area contributed by atoms with E-state index in [1.165, 1.54) is 0 Å². The molecule has 1 atom stereocenters. The van der Waals surface area contributed by atoms with Crippen LogP contribution in [0.2, 0.25) is 0 Å². The van der Waals surface area contributed by atoms with Crippen LogP contribution in [0.15, 0.2) is 0 Å². The molecule has 4 nitrogen and oxygen atoms in total. The van der Waals surface area contributed by atoms with Gasteiger partial charge in [-0.15, -0.1) is 0 Å². The van der Waals surface area contributed by atoms with Gasteiger partial charge in [-0.25, -0.2) is 0 Å². The van der Waals surface area contributed by atoms with E-state index in [1.54, 1.807) is 4.90 Å². The summed E-state index contributed by atoms with van der Waals surface area (Å²) in [6.07, 6.45) is 1.26. The number of hydrogen-bond donors (Lipinski definition) is 1. The highest BCUT2D eigenvalue weighted by Gasteiger charge is 2.36. The first kappa shape index (κ1) is 16.0. The van der Waals surface area contributed by atoms with Gasteiger partial charge in [-0.3, -0.25) is 9.59 Å². The van der Waals surface area contributed by atoms with E-state index >= 15 is 0 Å². The molecule has 2 amide bonds. The Bertz CT molecular complexity index is 356. The van der Waals surface area contributed by atoms with Crippen LogP contribution in [0.1, 0.15) is 54.4 Å². The molecule has 0 radical (unpaired) electrons. The zero-order chi connectivity index (χ0) is 14.8. The third-order valence-corrected chi connectivity index (χ3v) is 3.40. The SMILES string of the molecule is CCN1CC(C(=O)NC(C)(C)CC(C)(C)C)CC1=O. The van der Waals surface area contributed by atoms with E-state index in [1.807, 2.05) is 20.8 Å². The van der Waals surface area contributed by atoms with Crippen LogP contribution < -0.4 is 5.32 Å². The fourth-order valence-corrected chi connectivity index (χ4v) is 3.06. The van der Waals surface area contributed by atoms with Crippen molar-refractivity contribution in [2.45, 2.75) is 59.9 Å². The van der Waals surface area contributed by atoms with Crippen molar-refractivity contribution >= 4 is 11.8 Å². The number of likely N-dealkylation sites (tertiary alicyclic amines) is 1. The van der Waals surface area contributed by atoms with Gasteiger partial charge in [0.2, 0.25) is 11.8 Å². The second-order valence-corrected chi connectivity index (χ2v) is 7.44. The number of nitrogens with one attached hydrogen (secondary N) is 1. The van der Waals surface area contributed by atoms with E-state index in [0.717, 1.165) is 6.42 Å². The Morgan fingerprint density at radius 3 is 2.32 bits per heavy atom. The van der Waals surface area contributed by atoms with Gasteiger partial charge >= 0.3 is 0 Å². The van der Waals surface area contributed by atoms with Crippen molar-refractivity contribution in [3.05, 3.63) is 0 Å². The summed E-state index contributed by atoms with van der Waals surface area (Å²) in [5, 5.41) is 3.10. The molecule has 1 fully saturated rings. The summed E-state index contributed by atoms with van der Waals surface area (Å²) in [4.78, 5) is 25.7. The lowest BCUT2D eigenvalue weighted by molar-refractivity contribution is -0.129. The Kier molecular flexibility index (Phi) is 4.64. The maximum absolute atomic E-state index is 12.3. The number of hydrogen-bond acceptors (Lipinski definition) is 2. The molecular weight excluding hydrogens is 240 g/mol. The zero-order valence-corrected chi connectivity index (χ0v) is 13.2. The summed E-state index contributed by atoms with van der Waals surface area (Å²) in [6.45, 7) is 13.8. The van der Waals surface area contributed by atoms with E-state index in [-0.39, 0.29) is 28.7 Å². The minimum atomic E-state index is -0.238. The molecule has 0 aromatic carbocycles. The highest BCUT2D eigenvalue weighted by molar-refractivity contribution is 5.89. The molecule has 1 N–H and O–H groups in total. The summed E-state index contributed by atoms with van der Waals surface area (Å²) in [7, 11) is 0. The van der Waals surface area contributed by atoms with Gasteiger partial charge in [0.25, 0.3) is 0 Å². The quantitative estimate of drug-likeness (QED) is 0.849. The topological polar surface area (TPSA) is 49.4 Å². The number of rotatable bonds is 4. The fraction of sp³-hybridized carbons (Fsp3) is 0.867. The average Bonchev–Trinajstić information content (AvgIpc) is 2.54. The van der Waals surface area contributed by atoms with Crippen molar-refractivity contribution in [2.24, 2.45) is 11.3 Å². The van der Waals surface area contributed by atoms with Gasteiger partial charge in [0.1, 0.15) is 0 Å². The Morgan fingerprint density at radius 1 is 1.32 bits per heavy atom. The molecule has 0 aromatic rings. The van der Waals surface area contributed by atoms with Gasteiger partial charge in [-0.2, -0.15) is 0 Å². The van der Waals surface area contributed by atoms with E-state index in [4.69, 9.17) is 0 Å². The van der Waals surface area contributed by atoms with Gasteiger partial charge < -0.3 is 10.2 Å². The summed E-state index contributed by atoms with van der Waals surface area (Å²) in [5.74, 6) is -0.0819. The molecule has 0 aromatic heterocycles. The molecule has 1 unspecified atom stereocenters. The predicted octanol–water partition coefficient (Wildman–Crippen LogP) is 2.19. The Hall–Kier alpha value is -1.06. The Labute approximate surface area is 116 Å². The second-order valence-electron chi connectivity index (χ2n) is 7.44. The minimum Gasteiger partial charge on any atom is -0.351 e. The van der Waals surface area contributed by atoms with Gasteiger partial charge in [-0.05, 0) is 32.6 Å². The standard InChI is InChI=1S/C15H28N2O2/c1-7-17-9-11(8-12(17)18)13(19)16-15(5,6)10-14(2,3)4/h11H,7-10H2,1-6H3,(H,16,19). The van der Waals surface area contributed by atoms with Crippen molar-refractivity contribution in [3.63, 3.8) is 0 Å². The van der Waals surface area contributed by atoms with Crippen LogP contribution in [0.25, 0.3) is 0 Å². The third-order valence-electron chi connectivity index (χ3n) is 3.40. The van der Waals surface area contributed by atoms with Crippen molar-refractivity contribution in [1.82, 2.24) is 10.2 Å². The van der Waals surface area contributed by atoms with Gasteiger partial charge in [-0.1, -0.05) is 20.8 Å². The molecule has 0 bridgehead atoms. The normalized spacial score (nSPS) is 20.8. The van der Waals surface area contributed by atoms with Crippen LogP contribution in [-0.2, 0) is 9.59 Å². The molecule has 1 saturated heterocycles. The molecule has 110 valence electrons. The second kappa shape index (κ2) is 5.51. The monoisotopic (exact) mass is 268 g/mol. The minimum absolute atomic E-state index is 0.0125. The van der Waals surface area contributed by atoms with Crippen LogP contribution in [0.3, 0.4) is 0 Å². The lowest BCUT2D eigenvalue weighted by Gasteiger charge is -2.34. The molecule has 0 aliphatic carbocycles. The Morgan fingerprint density at radius 2 is 1.89 bits per heavy atom. The smallest absolute Gasteiger partial charge is 0.225 e. The lowest BCUT2D eigenvalue weighted by Crippen LogP contribution is -2.48. The molecule has 1 rings (SSSR count). The first-order valence-corrected chi connectivity index (χ1v) is 7.14. The molecule has 1 aliphatic heterocycles. The largest absolute Gasteiger partial charge is 0.351 e. The lowest BCUT2D eigenvalue weighted by atomic mass is 9.81. The van der Waals surface area contributed by atoms with E-state index in [9.17, 15) is 9.59 Å². The van der Waals surface area contributed by atoms with Gasteiger partial charge in [0, 0.05) is 25.0 Å². The maximum atomic E-state index is 12.3. The molecule has 1 heterocycles. The highest BCUT2D eigenvalue weighted by atomic mass is 16.2. The number of carbonyl (C=O) groups excluding carboxylic acids is 2. The van der Waals surface area contributed by atoms with Crippen molar-refractivity contribution in [1.29, 1.82) is 0 Å². The highest BCUT2D eigenvalue weighted by Crippen LogP contribution is 2.27. The summed E-state index contributed by atoms with van der Waals surface area (Å²) < 4.78 is 0. The summed E-state index contributed by atoms with van der Waals surface area (Å²) in [6, 6.07) is 0. The molecule has 4 heteroatoms. The predicted molar refractivity (Wildman–Crippen MR) is 76.7 cm³/mol. The zero-order valence-electron chi connectivity index (χ0n) is 13.2. The van der Waals surface area contributed by atoms with Crippen molar-refractivity contribution in [2.75, 3.05) is 13.1 Å². The molecule has 0 spiro atoms.